The van der Waals surface area contributed by atoms with Gasteiger partial charge in [-0.3, -0.25) is 4.79 Å². The van der Waals surface area contributed by atoms with Crippen molar-refractivity contribution >= 4 is 12.0 Å². The van der Waals surface area contributed by atoms with Crippen molar-refractivity contribution in [3.05, 3.63) is 35.6 Å². The van der Waals surface area contributed by atoms with Gasteiger partial charge in [0.2, 0.25) is 5.91 Å². The molecule has 0 spiro atoms. The van der Waals surface area contributed by atoms with Gasteiger partial charge in [-0.1, -0.05) is 12.1 Å². The molecular formula is C21H29FN2O3. The number of carbonyl (C=O) groups excluding carboxylic acids is 2. The van der Waals surface area contributed by atoms with E-state index in [1.54, 1.807) is 11.0 Å². The number of amides is 2. The van der Waals surface area contributed by atoms with Crippen LogP contribution < -0.4 is 0 Å². The summed E-state index contributed by atoms with van der Waals surface area (Å²) >= 11 is 0. The fraction of sp³-hybridized carbons (Fsp3) is 0.619. The number of nitrogens with zero attached hydrogens (tertiary/aromatic N) is 2. The molecule has 0 aromatic heterocycles. The van der Waals surface area contributed by atoms with Crippen molar-refractivity contribution in [3.63, 3.8) is 0 Å². The van der Waals surface area contributed by atoms with E-state index >= 15 is 0 Å². The first-order chi connectivity index (χ1) is 12.7. The zero-order valence-corrected chi connectivity index (χ0v) is 16.4. The first-order valence-electron chi connectivity index (χ1n) is 9.76. The van der Waals surface area contributed by atoms with Gasteiger partial charge < -0.3 is 14.5 Å². The molecule has 0 radical (unpaired) electrons. The Hall–Kier alpha value is -2.11. The van der Waals surface area contributed by atoms with E-state index in [4.69, 9.17) is 4.74 Å². The van der Waals surface area contributed by atoms with Gasteiger partial charge >= 0.3 is 6.09 Å². The number of ether oxygens (including phenoxy) is 1. The zero-order valence-electron chi connectivity index (χ0n) is 16.4. The number of rotatable bonds is 4. The lowest BCUT2D eigenvalue weighted by molar-refractivity contribution is -0.138. The molecule has 5 nitrogen and oxygen atoms in total. The van der Waals surface area contributed by atoms with Crippen LogP contribution >= 0.6 is 0 Å². The summed E-state index contributed by atoms with van der Waals surface area (Å²) in [5.41, 5.74) is 0.251. The van der Waals surface area contributed by atoms with Crippen LogP contribution in [0, 0.1) is 11.7 Å². The van der Waals surface area contributed by atoms with Gasteiger partial charge in [-0.05, 0) is 64.2 Å². The molecule has 1 atom stereocenters. The number of hydrogen-bond acceptors (Lipinski definition) is 3. The van der Waals surface area contributed by atoms with Gasteiger partial charge in [0.25, 0.3) is 0 Å². The summed E-state index contributed by atoms with van der Waals surface area (Å²) in [6, 6.07) is 6.64. The van der Waals surface area contributed by atoms with Crippen molar-refractivity contribution in [1.29, 1.82) is 0 Å². The van der Waals surface area contributed by atoms with Crippen LogP contribution in [0.3, 0.4) is 0 Å². The van der Waals surface area contributed by atoms with Gasteiger partial charge in [0.15, 0.2) is 0 Å². The summed E-state index contributed by atoms with van der Waals surface area (Å²) in [5, 5.41) is 0. The lowest BCUT2D eigenvalue weighted by atomic mass is 9.96. The molecule has 1 saturated carbocycles. The molecule has 0 N–H and O–H groups in total. The second-order valence-corrected chi connectivity index (χ2v) is 8.59. The van der Waals surface area contributed by atoms with Crippen molar-refractivity contribution in [2.24, 2.45) is 5.92 Å². The molecule has 1 aromatic rings. The summed E-state index contributed by atoms with van der Waals surface area (Å²) in [6.07, 6.45) is 3.18. The topological polar surface area (TPSA) is 49.9 Å². The Morgan fingerprint density at radius 3 is 2.63 bits per heavy atom. The lowest BCUT2D eigenvalue weighted by Crippen LogP contribution is -2.48. The van der Waals surface area contributed by atoms with Crippen molar-refractivity contribution in [2.45, 2.75) is 64.6 Å². The van der Waals surface area contributed by atoms with Gasteiger partial charge in [0.1, 0.15) is 11.4 Å². The summed E-state index contributed by atoms with van der Waals surface area (Å²) in [6.45, 7) is 6.94. The van der Waals surface area contributed by atoms with Gasteiger partial charge in [-0.2, -0.15) is 0 Å². The first kappa shape index (κ1) is 19.6. The Balaban J connectivity index is 1.66. The SMILES string of the molecule is CC(C)(C)OC(=O)N1CCC[C@@H](C(=O)N(Cc2cccc(F)c2)C2CC2)C1. The molecule has 1 saturated heterocycles. The van der Waals surface area contributed by atoms with Crippen molar-refractivity contribution < 1.29 is 18.7 Å². The minimum absolute atomic E-state index is 0.0648. The van der Waals surface area contributed by atoms with Crippen LogP contribution in [0.1, 0.15) is 52.0 Å². The second kappa shape index (κ2) is 7.87. The highest BCUT2D eigenvalue weighted by molar-refractivity contribution is 5.80. The molecule has 0 unspecified atom stereocenters. The maximum atomic E-state index is 13.5. The summed E-state index contributed by atoms with van der Waals surface area (Å²) in [7, 11) is 0. The fourth-order valence-corrected chi connectivity index (χ4v) is 3.51. The molecule has 148 valence electrons. The molecule has 1 aromatic carbocycles. The van der Waals surface area contributed by atoms with E-state index in [9.17, 15) is 14.0 Å². The van der Waals surface area contributed by atoms with Gasteiger partial charge in [0.05, 0.1) is 5.92 Å². The Morgan fingerprint density at radius 2 is 2.00 bits per heavy atom. The summed E-state index contributed by atoms with van der Waals surface area (Å²) < 4.78 is 19.0. The Kier molecular flexibility index (Phi) is 5.72. The number of halogens is 1. The standard InChI is InChI=1S/C21H29FN2O3/c1-21(2,3)27-20(26)23-11-5-7-16(14-23)19(25)24(18-9-10-18)13-15-6-4-8-17(22)12-15/h4,6,8,12,16,18H,5,7,9-11,13-14H2,1-3H3/t16-/m1/s1. The highest BCUT2D eigenvalue weighted by Gasteiger charge is 2.38. The van der Waals surface area contributed by atoms with Crippen LogP contribution in [0.15, 0.2) is 24.3 Å². The van der Waals surface area contributed by atoms with Crippen LogP contribution in [0.4, 0.5) is 9.18 Å². The molecule has 0 bridgehead atoms. The van der Waals surface area contributed by atoms with Gasteiger partial charge in [0, 0.05) is 25.7 Å². The minimum Gasteiger partial charge on any atom is -0.444 e. The van der Waals surface area contributed by atoms with E-state index in [0.29, 0.717) is 19.6 Å². The first-order valence-corrected chi connectivity index (χ1v) is 9.76. The number of piperidine rings is 1. The number of carbonyl (C=O) groups is 2. The smallest absolute Gasteiger partial charge is 0.410 e. The normalized spacial score (nSPS) is 20.3. The third-order valence-electron chi connectivity index (χ3n) is 4.93. The van der Waals surface area contributed by atoms with E-state index in [-0.39, 0.29) is 29.8 Å². The predicted octanol–water partition coefficient (Wildman–Crippen LogP) is 3.96. The monoisotopic (exact) mass is 376 g/mol. The van der Waals surface area contributed by atoms with Crippen molar-refractivity contribution in [3.8, 4) is 0 Å². The molecule has 2 fully saturated rings. The molecule has 2 amide bonds. The van der Waals surface area contributed by atoms with Crippen LogP contribution in [-0.2, 0) is 16.1 Å². The van der Waals surface area contributed by atoms with E-state index in [2.05, 4.69) is 0 Å². The van der Waals surface area contributed by atoms with E-state index < -0.39 is 5.60 Å². The minimum atomic E-state index is -0.550. The molecule has 1 aliphatic carbocycles. The molecule has 2 aliphatic rings. The van der Waals surface area contributed by atoms with E-state index in [1.165, 1.54) is 12.1 Å². The van der Waals surface area contributed by atoms with Crippen LogP contribution in [0.2, 0.25) is 0 Å². The number of likely N-dealkylation sites (tertiary alicyclic amines) is 1. The lowest BCUT2D eigenvalue weighted by Gasteiger charge is -2.36. The van der Waals surface area contributed by atoms with E-state index in [1.807, 2.05) is 31.7 Å². The molecule has 6 heteroatoms. The Labute approximate surface area is 160 Å². The average molecular weight is 376 g/mol. The van der Waals surface area contributed by atoms with Crippen LogP contribution in [0.25, 0.3) is 0 Å². The number of benzene rings is 1. The third kappa shape index (κ3) is 5.44. The quantitative estimate of drug-likeness (QED) is 0.799. The van der Waals surface area contributed by atoms with Crippen molar-refractivity contribution in [2.75, 3.05) is 13.1 Å². The van der Waals surface area contributed by atoms with Crippen LogP contribution in [-0.4, -0.2) is 46.5 Å². The largest absolute Gasteiger partial charge is 0.444 e. The highest BCUT2D eigenvalue weighted by Crippen LogP contribution is 2.32. The molecule has 1 heterocycles. The zero-order chi connectivity index (χ0) is 19.6. The van der Waals surface area contributed by atoms with Gasteiger partial charge in [-0.15, -0.1) is 0 Å². The van der Waals surface area contributed by atoms with Crippen LogP contribution in [0.5, 0.6) is 0 Å². The number of hydrogen-bond donors (Lipinski definition) is 0. The van der Waals surface area contributed by atoms with E-state index in [0.717, 1.165) is 31.2 Å². The molecule has 27 heavy (non-hydrogen) atoms. The maximum Gasteiger partial charge on any atom is 0.410 e. The summed E-state index contributed by atoms with van der Waals surface area (Å²) in [5.74, 6) is -0.445. The highest BCUT2D eigenvalue weighted by atomic mass is 19.1. The predicted molar refractivity (Wildman–Crippen MR) is 101 cm³/mol. The second-order valence-electron chi connectivity index (χ2n) is 8.59. The third-order valence-corrected chi connectivity index (χ3v) is 4.93. The fourth-order valence-electron chi connectivity index (χ4n) is 3.51. The molecule has 3 rings (SSSR count). The maximum absolute atomic E-state index is 13.5. The summed E-state index contributed by atoms with van der Waals surface area (Å²) in [4.78, 5) is 29.1. The molecular weight excluding hydrogens is 347 g/mol. The van der Waals surface area contributed by atoms with Gasteiger partial charge in [-0.25, -0.2) is 9.18 Å². The molecule has 1 aliphatic heterocycles. The average Bonchev–Trinajstić information content (AvgIpc) is 3.43. The Morgan fingerprint density at radius 1 is 1.26 bits per heavy atom. The Bertz CT molecular complexity index is 697. The van der Waals surface area contributed by atoms with Crippen molar-refractivity contribution in [1.82, 2.24) is 9.80 Å².